The van der Waals surface area contributed by atoms with Gasteiger partial charge in [-0.3, -0.25) is 9.59 Å². The molecule has 7 heteroatoms. The van der Waals surface area contributed by atoms with Crippen molar-refractivity contribution in [1.82, 2.24) is 0 Å². The largest absolute Gasteiger partial charge is 0.495 e. The fraction of sp³-hybridized carbons (Fsp3) is 0.429. The highest BCUT2D eigenvalue weighted by Crippen LogP contribution is 2.27. The van der Waals surface area contributed by atoms with Crippen LogP contribution in [0.15, 0.2) is 18.2 Å². The normalized spacial score (nSPS) is 11.0. The summed E-state index contributed by atoms with van der Waals surface area (Å²) in [5.74, 6) is 0.221. The van der Waals surface area contributed by atoms with Crippen molar-refractivity contribution in [2.75, 3.05) is 17.7 Å². The molecule has 21 heavy (non-hydrogen) atoms. The van der Waals surface area contributed by atoms with E-state index >= 15 is 0 Å². The monoisotopic (exact) mass is 315 g/mol. The number of benzene rings is 1. The number of carbonyl (C=O) groups is 2. The Labute approximate surface area is 130 Å². The molecular weight excluding hydrogens is 294 g/mol. The summed E-state index contributed by atoms with van der Waals surface area (Å²) in [5.41, 5.74) is 6.73. The van der Waals surface area contributed by atoms with Gasteiger partial charge in [-0.25, -0.2) is 0 Å². The average molecular weight is 316 g/mol. The van der Waals surface area contributed by atoms with E-state index < -0.39 is 0 Å². The van der Waals surface area contributed by atoms with Gasteiger partial charge in [-0.05, 0) is 31.5 Å². The molecule has 2 amide bonds. The molecule has 0 fully saturated rings. The maximum atomic E-state index is 11.7. The van der Waals surface area contributed by atoms with Crippen LogP contribution in [0.5, 0.6) is 5.75 Å². The Balaban J connectivity index is 0.00000400. The molecule has 1 aromatic rings. The lowest BCUT2D eigenvalue weighted by Gasteiger charge is -2.12. The van der Waals surface area contributed by atoms with Crippen LogP contribution in [0.25, 0.3) is 0 Å². The second-order valence-corrected chi connectivity index (χ2v) is 4.66. The van der Waals surface area contributed by atoms with E-state index in [2.05, 4.69) is 10.6 Å². The van der Waals surface area contributed by atoms with E-state index in [1.807, 2.05) is 6.92 Å². The van der Waals surface area contributed by atoms with E-state index in [0.717, 1.165) is 0 Å². The molecule has 0 bridgehead atoms. The quantitative estimate of drug-likeness (QED) is 0.749. The van der Waals surface area contributed by atoms with Crippen LogP contribution in [0.1, 0.15) is 26.7 Å². The van der Waals surface area contributed by atoms with Crippen LogP contribution in [0.2, 0.25) is 0 Å². The van der Waals surface area contributed by atoms with E-state index in [0.29, 0.717) is 30.0 Å². The fourth-order valence-corrected chi connectivity index (χ4v) is 1.66. The summed E-state index contributed by atoms with van der Waals surface area (Å²) in [6.45, 7) is 3.27. The van der Waals surface area contributed by atoms with E-state index in [9.17, 15) is 9.59 Å². The number of amides is 2. The standard InChI is InChI=1S/C14H21N3O3.ClH/c1-9(15)4-7-14(19)17-11-5-6-13(20-3)12(8-11)16-10(2)18;/h5-6,8-9H,4,7,15H2,1-3H3,(H,16,18)(H,17,19);1H. The Hall–Kier alpha value is -1.79. The van der Waals surface area contributed by atoms with Crippen molar-refractivity contribution in [2.24, 2.45) is 5.73 Å². The molecule has 0 spiro atoms. The highest BCUT2D eigenvalue weighted by atomic mass is 35.5. The summed E-state index contributed by atoms with van der Waals surface area (Å²) in [5, 5.41) is 5.41. The van der Waals surface area contributed by atoms with Crippen molar-refractivity contribution >= 4 is 35.6 Å². The SMILES string of the molecule is COc1ccc(NC(=O)CCC(C)N)cc1NC(C)=O.Cl. The van der Waals surface area contributed by atoms with Gasteiger partial charge in [0, 0.05) is 25.1 Å². The predicted octanol–water partition coefficient (Wildman–Crippen LogP) is 2.14. The highest BCUT2D eigenvalue weighted by Gasteiger charge is 2.09. The Kier molecular flexibility index (Phi) is 8.42. The van der Waals surface area contributed by atoms with E-state index in [4.69, 9.17) is 10.5 Å². The maximum Gasteiger partial charge on any atom is 0.224 e. The molecule has 118 valence electrons. The predicted molar refractivity (Wildman–Crippen MR) is 86.1 cm³/mol. The Bertz CT molecular complexity index is 492. The zero-order valence-corrected chi connectivity index (χ0v) is 13.3. The van der Waals surface area contributed by atoms with Gasteiger partial charge < -0.3 is 21.1 Å². The first-order valence-corrected chi connectivity index (χ1v) is 6.43. The van der Waals surface area contributed by atoms with Crippen LogP contribution in [0.4, 0.5) is 11.4 Å². The zero-order valence-electron chi connectivity index (χ0n) is 12.4. The summed E-state index contributed by atoms with van der Waals surface area (Å²) in [6.07, 6.45) is 0.986. The molecule has 1 atom stereocenters. The molecular formula is C14H22ClN3O3. The van der Waals surface area contributed by atoms with Crippen LogP contribution < -0.4 is 21.1 Å². The molecule has 0 heterocycles. The van der Waals surface area contributed by atoms with Crippen LogP contribution >= 0.6 is 12.4 Å². The summed E-state index contributed by atoms with van der Waals surface area (Å²) >= 11 is 0. The highest BCUT2D eigenvalue weighted by molar-refractivity contribution is 5.94. The number of nitrogens with two attached hydrogens (primary N) is 1. The topological polar surface area (TPSA) is 93.4 Å². The minimum atomic E-state index is -0.205. The zero-order chi connectivity index (χ0) is 15.1. The van der Waals surface area contributed by atoms with Gasteiger partial charge in [0.25, 0.3) is 0 Å². The molecule has 0 saturated heterocycles. The molecule has 1 unspecified atom stereocenters. The van der Waals surface area contributed by atoms with Crippen molar-refractivity contribution in [3.8, 4) is 5.75 Å². The summed E-state index contributed by atoms with van der Waals surface area (Å²) in [6, 6.07) is 5.05. The number of nitrogens with one attached hydrogen (secondary N) is 2. The van der Waals surface area contributed by atoms with Gasteiger partial charge in [-0.2, -0.15) is 0 Å². The number of carbonyl (C=O) groups excluding carboxylic acids is 2. The van der Waals surface area contributed by atoms with Crippen molar-refractivity contribution in [3.63, 3.8) is 0 Å². The van der Waals surface area contributed by atoms with Gasteiger partial charge >= 0.3 is 0 Å². The number of rotatable bonds is 6. The first-order valence-electron chi connectivity index (χ1n) is 6.43. The third-order valence-electron chi connectivity index (χ3n) is 2.62. The van der Waals surface area contributed by atoms with Gasteiger partial charge in [0.05, 0.1) is 12.8 Å². The molecule has 1 aromatic carbocycles. The van der Waals surface area contributed by atoms with E-state index in [1.54, 1.807) is 18.2 Å². The van der Waals surface area contributed by atoms with Gasteiger partial charge in [0.2, 0.25) is 11.8 Å². The van der Waals surface area contributed by atoms with Crippen molar-refractivity contribution in [3.05, 3.63) is 18.2 Å². The first kappa shape index (κ1) is 19.2. The molecule has 4 N–H and O–H groups in total. The molecule has 0 aromatic heterocycles. The first-order chi connectivity index (χ1) is 9.42. The minimum absolute atomic E-state index is 0. The summed E-state index contributed by atoms with van der Waals surface area (Å²) in [7, 11) is 1.52. The number of methoxy groups -OCH3 is 1. The molecule has 0 radical (unpaired) electrons. The Morgan fingerprint density at radius 1 is 1.33 bits per heavy atom. The smallest absolute Gasteiger partial charge is 0.224 e. The Morgan fingerprint density at radius 2 is 2.00 bits per heavy atom. The van der Waals surface area contributed by atoms with Gasteiger partial charge in [-0.1, -0.05) is 0 Å². The molecule has 0 aliphatic heterocycles. The lowest BCUT2D eigenvalue weighted by Crippen LogP contribution is -2.19. The second kappa shape index (κ2) is 9.20. The number of hydrogen-bond donors (Lipinski definition) is 3. The van der Waals surface area contributed by atoms with Gasteiger partial charge in [0.15, 0.2) is 0 Å². The average Bonchev–Trinajstić information content (AvgIpc) is 2.36. The number of ether oxygens (including phenoxy) is 1. The maximum absolute atomic E-state index is 11.7. The molecule has 1 rings (SSSR count). The van der Waals surface area contributed by atoms with Crippen LogP contribution in [-0.2, 0) is 9.59 Å². The van der Waals surface area contributed by atoms with Crippen molar-refractivity contribution in [1.29, 1.82) is 0 Å². The van der Waals surface area contributed by atoms with Gasteiger partial charge in [-0.15, -0.1) is 12.4 Å². The second-order valence-electron chi connectivity index (χ2n) is 4.66. The van der Waals surface area contributed by atoms with E-state index in [1.165, 1.54) is 14.0 Å². The van der Waals surface area contributed by atoms with Crippen molar-refractivity contribution < 1.29 is 14.3 Å². The summed E-state index contributed by atoms with van der Waals surface area (Å²) < 4.78 is 5.14. The molecule has 6 nitrogen and oxygen atoms in total. The minimum Gasteiger partial charge on any atom is -0.495 e. The van der Waals surface area contributed by atoms with Crippen molar-refractivity contribution in [2.45, 2.75) is 32.7 Å². The molecule has 0 saturated carbocycles. The van der Waals surface area contributed by atoms with Crippen LogP contribution in [0, 0.1) is 0 Å². The third kappa shape index (κ3) is 6.97. The van der Waals surface area contributed by atoms with E-state index in [-0.39, 0.29) is 30.3 Å². The number of halogens is 1. The third-order valence-corrected chi connectivity index (χ3v) is 2.62. The fourth-order valence-electron chi connectivity index (χ4n) is 1.66. The van der Waals surface area contributed by atoms with Crippen LogP contribution in [0.3, 0.4) is 0 Å². The van der Waals surface area contributed by atoms with Crippen LogP contribution in [-0.4, -0.2) is 25.0 Å². The molecule has 0 aliphatic carbocycles. The Morgan fingerprint density at radius 3 is 2.52 bits per heavy atom. The number of anilines is 2. The lowest BCUT2D eigenvalue weighted by molar-refractivity contribution is -0.116. The molecule has 0 aliphatic rings. The number of hydrogen-bond acceptors (Lipinski definition) is 4. The lowest BCUT2D eigenvalue weighted by atomic mass is 10.2. The summed E-state index contributed by atoms with van der Waals surface area (Å²) in [4.78, 5) is 22.8. The van der Waals surface area contributed by atoms with Gasteiger partial charge in [0.1, 0.15) is 5.75 Å².